The van der Waals surface area contributed by atoms with Crippen LogP contribution in [0, 0.1) is 0 Å². The fraction of sp³-hybridized carbons (Fsp3) is 0.500. The number of benzene rings is 1. The molecule has 0 amide bonds. The van der Waals surface area contributed by atoms with Gasteiger partial charge in [-0.1, -0.05) is 18.2 Å². The van der Waals surface area contributed by atoms with Gasteiger partial charge in [-0.3, -0.25) is 0 Å². The molecule has 1 aromatic carbocycles. The molecule has 5 heteroatoms. The fourth-order valence-corrected chi connectivity index (χ4v) is 1.78. The fourth-order valence-electron chi connectivity index (χ4n) is 1.78. The Hall–Kier alpha value is -1.10. The molecule has 0 spiro atoms. The minimum Gasteiger partial charge on any atom is -0.317 e. The summed E-state index contributed by atoms with van der Waals surface area (Å²) in [6.45, 7) is 1.30. The molecule has 0 aliphatic carbocycles. The number of alkyl halides is 4. The summed E-state index contributed by atoms with van der Waals surface area (Å²) in [5.74, 6) is 0. The number of hydrogen-bond acceptors (Lipinski definition) is 1. The maximum absolute atomic E-state index is 13.9. The van der Waals surface area contributed by atoms with Crippen LogP contribution in [0.4, 0.5) is 17.6 Å². The van der Waals surface area contributed by atoms with Crippen molar-refractivity contribution in [1.82, 2.24) is 5.32 Å². The highest BCUT2D eigenvalue weighted by atomic mass is 19.4. The van der Waals surface area contributed by atoms with Gasteiger partial charge in [-0.15, -0.1) is 0 Å². The number of nitrogens with one attached hydrogen (secondary N) is 1. The molecule has 0 aliphatic heterocycles. The van der Waals surface area contributed by atoms with E-state index in [-0.39, 0.29) is 18.5 Å². The van der Waals surface area contributed by atoms with E-state index in [9.17, 15) is 17.6 Å². The minimum atomic E-state index is -4.44. The van der Waals surface area contributed by atoms with Gasteiger partial charge >= 0.3 is 6.18 Å². The lowest BCUT2D eigenvalue weighted by Gasteiger charge is -2.22. The van der Waals surface area contributed by atoms with E-state index in [1.807, 2.05) is 0 Å². The molecule has 0 bridgehead atoms. The van der Waals surface area contributed by atoms with Crippen molar-refractivity contribution >= 4 is 0 Å². The molecule has 1 aromatic rings. The van der Waals surface area contributed by atoms with E-state index >= 15 is 0 Å². The van der Waals surface area contributed by atoms with Crippen LogP contribution in [0.2, 0.25) is 0 Å². The van der Waals surface area contributed by atoms with Gasteiger partial charge in [-0.25, -0.2) is 4.39 Å². The topological polar surface area (TPSA) is 12.0 Å². The molecule has 1 atom stereocenters. The lowest BCUT2D eigenvalue weighted by atomic mass is 9.94. The number of halogens is 4. The summed E-state index contributed by atoms with van der Waals surface area (Å²) < 4.78 is 51.9. The molecule has 0 heterocycles. The second-order valence-electron chi connectivity index (χ2n) is 4.28. The lowest BCUT2D eigenvalue weighted by Crippen LogP contribution is -2.34. The van der Waals surface area contributed by atoms with Crippen molar-refractivity contribution < 1.29 is 17.6 Å². The summed E-state index contributed by atoms with van der Waals surface area (Å²) in [6, 6.07) is 5.08. The van der Waals surface area contributed by atoms with Crippen molar-refractivity contribution in [3.8, 4) is 0 Å². The lowest BCUT2D eigenvalue weighted by molar-refractivity contribution is -0.138. The number of hydrogen-bond donors (Lipinski definition) is 1. The average Bonchev–Trinajstić information content (AvgIpc) is 2.15. The largest absolute Gasteiger partial charge is 0.416 e. The standard InChI is InChI=1S/C12H15F4N/c1-11(13,8-17-2)7-9-5-3-4-6-10(9)12(14,15)16/h3-6,17H,7-8H2,1-2H3. The molecule has 0 saturated carbocycles. The molecule has 1 nitrogen and oxygen atoms in total. The molecular weight excluding hydrogens is 234 g/mol. The zero-order chi connectivity index (χ0) is 13.1. The first-order chi connectivity index (χ1) is 7.76. The van der Waals surface area contributed by atoms with Crippen molar-refractivity contribution in [3.63, 3.8) is 0 Å². The third-order valence-corrected chi connectivity index (χ3v) is 2.43. The van der Waals surface area contributed by atoms with Crippen LogP contribution >= 0.6 is 0 Å². The van der Waals surface area contributed by atoms with Crippen LogP contribution < -0.4 is 5.32 Å². The van der Waals surface area contributed by atoms with Gasteiger partial charge in [0.15, 0.2) is 0 Å². The van der Waals surface area contributed by atoms with E-state index in [1.165, 1.54) is 25.1 Å². The van der Waals surface area contributed by atoms with Crippen LogP contribution in [-0.2, 0) is 12.6 Å². The zero-order valence-electron chi connectivity index (χ0n) is 9.74. The van der Waals surface area contributed by atoms with Gasteiger partial charge in [0.1, 0.15) is 5.67 Å². The first kappa shape index (κ1) is 14.0. The highest BCUT2D eigenvalue weighted by Crippen LogP contribution is 2.33. The van der Waals surface area contributed by atoms with Crippen LogP contribution in [0.3, 0.4) is 0 Å². The Morgan fingerprint density at radius 3 is 2.24 bits per heavy atom. The van der Waals surface area contributed by atoms with Crippen molar-refractivity contribution in [2.24, 2.45) is 0 Å². The van der Waals surface area contributed by atoms with Gasteiger partial charge in [0, 0.05) is 13.0 Å². The molecule has 0 saturated heterocycles. The Morgan fingerprint density at radius 2 is 1.71 bits per heavy atom. The highest BCUT2D eigenvalue weighted by molar-refractivity contribution is 5.30. The quantitative estimate of drug-likeness (QED) is 0.808. The first-order valence-electron chi connectivity index (χ1n) is 5.25. The summed E-state index contributed by atoms with van der Waals surface area (Å²) in [5, 5.41) is 2.63. The van der Waals surface area contributed by atoms with Gasteiger partial charge in [-0.2, -0.15) is 13.2 Å². The van der Waals surface area contributed by atoms with E-state index in [0.29, 0.717) is 0 Å². The Kier molecular flexibility index (Phi) is 4.14. The molecule has 1 rings (SSSR count). The third-order valence-electron chi connectivity index (χ3n) is 2.43. The zero-order valence-corrected chi connectivity index (χ0v) is 9.74. The maximum atomic E-state index is 13.9. The SMILES string of the molecule is CNCC(C)(F)Cc1ccccc1C(F)(F)F. The molecule has 17 heavy (non-hydrogen) atoms. The summed E-state index contributed by atoms with van der Waals surface area (Å²) in [5.41, 5.74) is -2.48. The van der Waals surface area contributed by atoms with Gasteiger partial charge in [0.05, 0.1) is 5.56 Å². The Balaban J connectivity index is 2.99. The predicted octanol–water partition coefficient (Wildman–Crippen LogP) is 3.20. The van der Waals surface area contributed by atoms with Crippen molar-refractivity contribution in [1.29, 1.82) is 0 Å². The Labute approximate surface area is 97.8 Å². The van der Waals surface area contributed by atoms with E-state index in [2.05, 4.69) is 5.32 Å². The first-order valence-corrected chi connectivity index (χ1v) is 5.25. The third kappa shape index (κ3) is 4.00. The Morgan fingerprint density at radius 1 is 1.12 bits per heavy atom. The molecule has 1 unspecified atom stereocenters. The summed E-state index contributed by atoms with van der Waals surface area (Å²) in [6.07, 6.45) is -4.70. The van der Waals surface area contributed by atoms with E-state index in [0.717, 1.165) is 6.07 Å². The summed E-state index contributed by atoms with van der Waals surface area (Å²) in [4.78, 5) is 0. The molecular formula is C12H15F4N. The second kappa shape index (κ2) is 5.04. The van der Waals surface area contributed by atoms with Crippen molar-refractivity contribution in [2.45, 2.75) is 25.2 Å². The monoisotopic (exact) mass is 249 g/mol. The molecule has 0 aromatic heterocycles. The maximum Gasteiger partial charge on any atom is 0.416 e. The number of rotatable bonds is 4. The van der Waals surface area contributed by atoms with E-state index in [1.54, 1.807) is 7.05 Å². The van der Waals surface area contributed by atoms with Gasteiger partial charge < -0.3 is 5.32 Å². The van der Waals surface area contributed by atoms with E-state index < -0.39 is 17.4 Å². The highest BCUT2D eigenvalue weighted by Gasteiger charge is 2.35. The van der Waals surface area contributed by atoms with Crippen LogP contribution in [0.15, 0.2) is 24.3 Å². The summed E-state index contributed by atoms with van der Waals surface area (Å²) in [7, 11) is 1.56. The van der Waals surface area contributed by atoms with E-state index in [4.69, 9.17) is 0 Å². The van der Waals surface area contributed by atoms with Crippen LogP contribution in [0.5, 0.6) is 0 Å². The van der Waals surface area contributed by atoms with Crippen molar-refractivity contribution in [2.75, 3.05) is 13.6 Å². The Bertz CT molecular complexity index is 371. The average molecular weight is 249 g/mol. The smallest absolute Gasteiger partial charge is 0.317 e. The molecule has 0 fully saturated rings. The predicted molar refractivity (Wildman–Crippen MR) is 58.6 cm³/mol. The molecule has 1 N–H and O–H groups in total. The van der Waals surface area contributed by atoms with Gasteiger partial charge in [0.25, 0.3) is 0 Å². The van der Waals surface area contributed by atoms with Crippen molar-refractivity contribution in [3.05, 3.63) is 35.4 Å². The normalized spacial score (nSPS) is 15.6. The van der Waals surface area contributed by atoms with Gasteiger partial charge in [-0.05, 0) is 25.6 Å². The summed E-state index contributed by atoms with van der Waals surface area (Å²) >= 11 is 0. The molecule has 0 aliphatic rings. The second-order valence-corrected chi connectivity index (χ2v) is 4.28. The minimum absolute atomic E-state index is 0.0131. The van der Waals surface area contributed by atoms with Crippen LogP contribution in [-0.4, -0.2) is 19.3 Å². The van der Waals surface area contributed by atoms with Gasteiger partial charge in [0.2, 0.25) is 0 Å². The van der Waals surface area contributed by atoms with Crippen LogP contribution in [0.1, 0.15) is 18.1 Å². The van der Waals surface area contributed by atoms with Crippen LogP contribution in [0.25, 0.3) is 0 Å². The molecule has 0 radical (unpaired) electrons. The molecule has 96 valence electrons.